The highest BCUT2D eigenvalue weighted by atomic mass is 33.1. The second-order valence-corrected chi connectivity index (χ2v) is 7.70. The van der Waals surface area contributed by atoms with Crippen molar-refractivity contribution in [3.8, 4) is 0 Å². The van der Waals surface area contributed by atoms with E-state index in [1.165, 1.54) is 10.8 Å². The lowest BCUT2D eigenvalue weighted by molar-refractivity contribution is -0.121. The summed E-state index contributed by atoms with van der Waals surface area (Å²) in [7, 11) is 1.46. The highest BCUT2D eigenvalue weighted by Crippen LogP contribution is 2.42. The summed E-state index contributed by atoms with van der Waals surface area (Å²) in [4.78, 5) is 12.1. The van der Waals surface area contributed by atoms with E-state index in [9.17, 15) is 4.79 Å². The Balaban J connectivity index is 3.09. The minimum absolute atomic E-state index is 0.0417. The highest BCUT2D eigenvalue weighted by molar-refractivity contribution is 8.69. The molecule has 0 spiro atoms. The van der Waals surface area contributed by atoms with Gasteiger partial charge in [-0.15, -0.1) is 11.7 Å². The van der Waals surface area contributed by atoms with E-state index >= 15 is 0 Å². The maximum absolute atomic E-state index is 12.1. The molecule has 0 aromatic rings. The molecule has 0 saturated carbocycles. The van der Waals surface area contributed by atoms with Crippen molar-refractivity contribution >= 4 is 28.2 Å². The first-order chi connectivity index (χ1) is 7.20. The fourth-order valence-electron chi connectivity index (χ4n) is 2.15. The van der Waals surface area contributed by atoms with Crippen LogP contribution in [0.4, 0.5) is 0 Å². The van der Waals surface area contributed by atoms with Crippen molar-refractivity contribution < 1.29 is 4.79 Å². The van der Waals surface area contributed by atoms with Crippen molar-refractivity contribution in [2.75, 3.05) is 0 Å². The molecule has 0 aromatic heterocycles. The van der Waals surface area contributed by atoms with Gasteiger partial charge in [-0.3, -0.25) is 4.79 Å². The minimum atomic E-state index is -0.171. The van der Waals surface area contributed by atoms with Crippen LogP contribution in [0.2, 0.25) is 0 Å². The van der Waals surface area contributed by atoms with Crippen LogP contribution in [0.5, 0.6) is 0 Å². The molecule has 16 heavy (non-hydrogen) atoms. The molecular weight excluding hydrogens is 238 g/mol. The summed E-state index contributed by atoms with van der Waals surface area (Å²) in [5, 5.41) is 3.33. The van der Waals surface area contributed by atoms with Gasteiger partial charge in [0.15, 0.2) is 5.78 Å². The summed E-state index contributed by atoms with van der Waals surface area (Å²) in [6, 6.07) is 0.152. The first-order valence-electron chi connectivity index (χ1n) is 5.49. The molecule has 1 aliphatic rings. The average Bonchev–Trinajstić information content (AvgIpc) is 2.15. The van der Waals surface area contributed by atoms with E-state index in [2.05, 4.69) is 51.6 Å². The first-order valence-corrected chi connectivity index (χ1v) is 7.36. The molecule has 2 unspecified atom stereocenters. The Labute approximate surface area is 107 Å². The van der Waals surface area contributed by atoms with Gasteiger partial charge in [0, 0.05) is 17.0 Å². The number of nitrogens with one attached hydrogen (secondary N) is 1. The van der Waals surface area contributed by atoms with Gasteiger partial charge in [0.25, 0.3) is 0 Å². The normalized spacial score (nSPS) is 26.8. The predicted octanol–water partition coefficient (Wildman–Crippen LogP) is 3.06. The van der Waals surface area contributed by atoms with Crippen LogP contribution < -0.4 is 5.32 Å². The van der Waals surface area contributed by atoms with Crippen LogP contribution in [0.3, 0.4) is 0 Å². The van der Waals surface area contributed by atoms with E-state index in [4.69, 9.17) is 0 Å². The van der Waals surface area contributed by atoms with Crippen LogP contribution in [0.1, 0.15) is 34.6 Å². The maximum atomic E-state index is 12.1. The van der Waals surface area contributed by atoms with E-state index in [1.807, 2.05) is 0 Å². The number of carbonyl (C=O) groups is 1. The Morgan fingerprint density at radius 1 is 1.31 bits per heavy atom. The van der Waals surface area contributed by atoms with Gasteiger partial charge in [-0.2, -0.15) is 0 Å². The van der Waals surface area contributed by atoms with Crippen LogP contribution in [-0.2, 0) is 4.79 Å². The van der Waals surface area contributed by atoms with Crippen LogP contribution in [-0.4, -0.2) is 16.6 Å². The predicted molar refractivity (Wildman–Crippen MR) is 74.7 cm³/mol. The highest BCUT2D eigenvalue weighted by Gasteiger charge is 2.45. The third kappa shape index (κ3) is 2.77. The average molecular weight is 259 g/mol. The van der Waals surface area contributed by atoms with E-state index in [0.717, 1.165) is 0 Å². The van der Waals surface area contributed by atoms with Gasteiger partial charge in [0.2, 0.25) is 0 Å². The van der Waals surface area contributed by atoms with E-state index in [0.29, 0.717) is 0 Å². The molecule has 0 radical (unpaired) electrons. The first kappa shape index (κ1) is 14.0. The zero-order valence-corrected chi connectivity index (χ0v) is 12.3. The molecule has 0 fully saturated rings. The van der Waals surface area contributed by atoms with Crippen molar-refractivity contribution in [2.24, 2.45) is 11.3 Å². The van der Waals surface area contributed by atoms with Crippen LogP contribution >= 0.6 is 22.5 Å². The van der Waals surface area contributed by atoms with Gasteiger partial charge in [-0.25, -0.2) is 0 Å². The number of carbonyl (C=O) groups excluding carboxylic acids is 1. The third-order valence-corrected chi connectivity index (χ3v) is 5.22. The van der Waals surface area contributed by atoms with Gasteiger partial charge in [-0.1, -0.05) is 31.6 Å². The summed E-state index contributed by atoms with van der Waals surface area (Å²) < 4.78 is -0.171. The summed E-state index contributed by atoms with van der Waals surface area (Å²) in [6.45, 7) is 10.6. The number of ketones is 1. The standard InChI is InChI=1S/C12H21NOS2/c1-11(2,3)10-9(12(4,5)16-15)8(14)6-7-13-10/h6-7,9-10,13,15H,1-5H3. The number of rotatable bonds is 2. The van der Waals surface area contributed by atoms with Gasteiger partial charge < -0.3 is 5.32 Å². The molecule has 1 rings (SSSR count). The molecule has 0 bridgehead atoms. The van der Waals surface area contributed by atoms with Crippen molar-refractivity contribution in [1.29, 1.82) is 0 Å². The van der Waals surface area contributed by atoms with E-state index < -0.39 is 0 Å². The van der Waals surface area contributed by atoms with Crippen LogP contribution in [0.15, 0.2) is 12.3 Å². The topological polar surface area (TPSA) is 29.1 Å². The molecule has 0 amide bonds. The fourth-order valence-corrected chi connectivity index (χ4v) is 2.86. The SMILES string of the molecule is CC(C)(C)C1NC=CC(=O)C1C(C)(C)SS. The molecular formula is C12H21NOS2. The van der Waals surface area contributed by atoms with Gasteiger partial charge in [-0.05, 0) is 25.3 Å². The number of thiol groups is 1. The Hall–Kier alpha value is -0.0900. The molecule has 1 N–H and O–H groups in total. The molecule has 0 aromatic carbocycles. The van der Waals surface area contributed by atoms with Crippen molar-refractivity contribution in [3.05, 3.63) is 12.3 Å². The molecule has 1 heterocycles. The monoisotopic (exact) mass is 259 g/mol. The van der Waals surface area contributed by atoms with Gasteiger partial charge in [0.05, 0.1) is 5.92 Å². The Kier molecular flexibility index (Phi) is 4.06. The molecule has 0 aliphatic carbocycles. The Bertz CT molecular complexity index is 305. The van der Waals surface area contributed by atoms with E-state index in [-0.39, 0.29) is 27.9 Å². The van der Waals surface area contributed by atoms with Crippen LogP contribution in [0, 0.1) is 11.3 Å². The van der Waals surface area contributed by atoms with Gasteiger partial charge >= 0.3 is 0 Å². The Morgan fingerprint density at radius 2 is 1.88 bits per heavy atom. The smallest absolute Gasteiger partial charge is 0.163 e. The third-order valence-electron chi connectivity index (χ3n) is 3.08. The lowest BCUT2D eigenvalue weighted by Crippen LogP contribution is -2.55. The zero-order chi connectivity index (χ0) is 12.6. The maximum Gasteiger partial charge on any atom is 0.163 e. The summed E-state index contributed by atoms with van der Waals surface area (Å²) in [5.74, 6) is 0.158. The number of allylic oxidation sites excluding steroid dienone is 1. The van der Waals surface area contributed by atoms with Crippen molar-refractivity contribution in [2.45, 2.75) is 45.4 Å². The fraction of sp³-hybridized carbons (Fsp3) is 0.750. The molecule has 92 valence electrons. The molecule has 4 heteroatoms. The van der Waals surface area contributed by atoms with Gasteiger partial charge in [0.1, 0.15) is 0 Å². The second-order valence-electron chi connectivity index (χ2n) is 5.92. The Morgan fingerprint density at radius 3 is 2.31 bits per heavy atom. The quantitative estimate of drug-likeness (QED) is 0.590. The molecule has 0 saturated heterocycles. The number of hydrogen-bond acceptors (Lipinski definition) is 4. The lowest BCUT2D eigenvalue weighted by Gasteiger charge is -2.44. The largest absolute Gasteiger partial charge is 0.387 e. The van der Waals surface area contributed by atoms with E-state index in [1.54, 1.807) is 12.3 Å². The zero-order valence-electron chi connectivity index (χ0n) is 10.6. The molecule has 2 atom stereocenters. The number of hydrogen-bond donors (Lipinski definition) is 2. The molecule has 1 aliphatic heterocycles. The van der Waals surface area contributed by atoms with Crippen LogP contribution in [0.25, 0.3) is 0 Å². The van der Waals surface area contributed by atoms with Crippen molar-refractivity contribution in [3.63, 3.8) is 0 Å². The minimum Gasteiger partial charge on any atom is -0.387 e. The molecule has 2 nitrogen and oxygen atoms in total. The van der Waals surface area contributed by atoms with Crippen molar-refractivity contribution in [1.82, 2.24) is 5.32 Å². The second kappa shape index (κ2) is 4.65. The lowest BCUT2D eigenvalue weighted by atomic mass is 9.71. The summed E-state index contributed by atoms with van der Waals surface area (Å²) >= 11 is 4.30. The summed E-state index contributed by atoms with van der Waals surface area (Å²) in [6.07, 6.45) is 3.41. The summed E-state index contributed by atoms with van der Waals surface area (Å²) in [5.41, 5.74) is 0.0475.